The van der Waals surface area contributed by atoms with Gasteiger partial charge in [0.15, 0.2) is 5.13 Å². The molecule has 3 rings (SSSR count). The Labute approximate surface area is 135 Å². The van der Waals surface area contributed by atoms with Gasteiger partial charge in [-0.2, -0.15) is 13.2 Å². The third-order valence-electron chi connectivity index (χ3n) is 3.62. The van der Waals surface area contributed by atoms with Crippen molar-refractivity contribution in [3.05, 3.63) is 46.0 Å². The van der Waals surface area contributed by atoms with E-state index in [1.807, 2.05) is 7.05 Å². The van der Waals surface area contributed by atoms with Crippen molar-refractivity contribution in [1.29, 1.82) is 0 Å². The number of likely N-dealkylation sites (N-methyl/N-ethyl adjacent to an activating group) is 1. The lowest BCUT2D eigenvalue weighted by Crippen LogP contribution is -2.25. The molecule has 0 spiro atoms. The van der Waals surface area contributed by atoms with Crippen LogP contribution in [-0.4, -0.2) is 29.4 Å². The van der Waals surface area contributed by atoms with Crippen molar-refractivity contribution < 1.29 is 18.0 Å². The number of nitrogens with zero attached hydrogens (tertiary/aromatic N) is 2. The average Bonchev–Trinajstić information content (AvgIpc) is 2.87. The standard InChI is InChI=1S/C15H14F3N3OS/c1-21-7-6-11-12(8-21)23-14(19-11)20-13(22)9-4-2-3-5-10(9)15(16,17)18/h2-5H,6-8H2,1H3,(H,19,20,22). The number of rotatable bonds is 2. The second-order valence-electron chi connectivity index (χ2n) is 5.37. The number of hydrogen-bond acceptors (Lipinski definition) is 4. The molecule has 2 heterocycles. The van der Waals surface area contributed by atoms with E-state index in [0.29, 0.717) is 5.13 Å². The predicted molar refractivity (Wildman–Crippen MR) is 81.5 cm³/mol. The second-order valence-corrected chi connectivity index (χ2v) is 6.46. The fourth-order valence-corrected chi connectivity index (χ4v) is 3.55. The molecule has 1 aliphatic rings. The van der Waals surface area contributed by atoms with E-state index >= 15 is 0 Å². The van der Waals surface area contributed by atoms with Crippen LogP contribution in [0, 0.1) is 0 Å². The van der Waals surface area contributed by atoms with Gasteiger partial charge in [-0.15, -0.1) is 11.3 Å². The minimum absolute atomic E-state index is 0.340. The number of benzene rings is 1. The van der Waals surface area contributed by atoms with Crippen molar-refractivity contribution in [2.24, 2.45) is 0 Å². The lowest BCUT2D eigenvalue weighted by Gasteiger charge is -2.20. The number of nitrogens with one attached hydrogen (secondary N) is 1. The molecule has 8 heteroatoms. The average molecular weight is 341 g/mol. The molecule has 1 aromatic carbocycles. The quantitative estimate of drug-likeness (QED) is 0.911. The molecule has 1 aromatic heterocycles. The number of amides is 1. The van der Waals surface area contributed by atoms with Crippen molar-refractivity contribution in [1.82, 2.24) is 9.88 Å². The zero-order chi connectivity index (χ0) is 16.6. The number of anilines is 1. The highest BCUT2D eigenvalue weighted by atomic mass is 32.1. The summed E-state index contributed by atoms with van der Waals surface area (Å²) in [7, 11) is 1.99. The minimum Gasteiger partial charge on any atom is -0.301 e. The van der Waals surface area contributed by atoms with E-state index in [2.05, 4.69) is 15.2 Å². The van der Waals surface area contributed by atoms with E-state index in [1.165, 1.54) is 29.5 Å². The number of hydrogen-bond donors (Lipinski definition) is 1. The van der Waals surface area contributed by atoms with Gasteiger partial charge in [-0.25, -0.2) is 4.98 Å². The van der Waals surface area contributed by atoms with Gasteiger partial charge in [0.2, 0.25) is 0 Å². The van der Waals surface area contributed by atoms with Crippen LogP contribution < -0.4 is 5.32 Å². The maximum Gasteiger partial charge on any atom is 0.417 e. The van der Waals surface area contributed by atoms with Gasteiger partial charge in [0, 0.05) is 24.4 Å². The molecular weight excluding hydrogens is 327 g/mol. The molecule has 0 saturated heterocycles. The molecule has 2 aromatic rings. The fourth-order valence-electron chi connectivity index (χ4n) is 2.47. The van der Waals surface area contributed by atoms with E-state index in [1.54, 1.807) is 0 Å². The Morgan fingerprint density at radius 2 is 2.09 bits per heavy atom. The van der Waals surface area contributed by atoms with Gasteiger partial charge in [-0.3, -0.25) is 10.1 Å². The number of fused-ring (bicyclic) bond motifs is 1. The molecule has 4 nitrogen and oxygen atoms in total. The normalized spacial score (nSPS) is 15.3. The monoisotopic (exact) mass is 341 g/mol. The third kappa shape index (κ3) is 3.37. The number of thiazole rings is 1. The molecule has 1 aliphatic heterocycles. The van der Waals surface area contributed by atoms with Crippen molar-refractivity contribution >= 4 is 22.4 Å². The van der Waals surface area contributed by atoms with Crippen LogP contribution in [0.15, 0.2) is 24.3 Å². The minimum atomic E-state index is -4.57. The summed E-state index contributed by atoms with van der Waals surface area (Å²) in [6, 6.07) is 4.74. The molecule has 0 atom stereocenters. The molecule has 1 amide bonds. The van der Waals surface area contributed by atoms with Crippen LogP contribution in [0.2, 0.25) is 0 Å². The smallest absolute Gasteiger partial charge is 0.301 e. The van der Waals surface area contributed by atoms with E-state index in [9.17, 15) is 18.0 Å². The first-order valence-electron chi connectivity index (χ1n) is 6.99. The summed E-state index contributed by atoms with van der Waals surface area (Å²) in [4.78, 5) is 19.7. The topological polar surface area (TPSA) is 45.2 Å². The van der Waals surface area contributed by atoms with E-state index in [0.717, 1.165) is 36.1 Å². The molecular formula is C15H14F3N3OS. The molecule has 1 N–H and O–H groups in total. The van der Waals surface area contributed by atoms with E-state index in [-0.39, 0.29) is 0 Å². The Bertz CT molecular complexity index is 742. The maximum atomic E-state index is 13.0. The largest absolute Gasteiger partial charge is 0.417 e. The number of alkyl halides is 3. The molecule has 122 valence electrons. The molecule has 0 unspecified atom stereocenters. The highest BCUT2D eigenvalue weighted by molar-refractivity contribution is 7.15. The Balaban J connectivity index is 1.83. The lowest BCUT2D eigenvalue weighted by molar-refractivity contribution is -0.137. The SMILES string of the molecule is CN1CCc2nc(NC(=O)c3ccccc3C(F)(F)F)sc2C1. The van der Waals surface area contributed by atoms with Crippen LogP contribution in [0.25, 0.3) is 0 Å². The van der Waals surface area contributed by atoms with Crippen molar-refractivity contribution in [3.63, 3.8) is 0 Å². The highest BCUT2D eigenvalue weighted by Crippen LogP contribution is 2.33. The third-order valence-corrected chi connectivity index (χ3v) is 4.62. The summed E-state index contributed by atoms with van der Waals surface area (Å²) >= 11 is 1.31. The molecule has 23 heavy (non-hydrogen) atoms. The second kappa shape index (κ2) is 5.93. The summed E-state index contributed by atoms with van der Waals surface area (Å²) < 4.78 is 38.9. The van der Waals surface area contributed by atoms with E-state index in [4.69, 9.17) is 0 Å². The fraction of sp³-hybridized carbons (Fsp3) is 0.333. The molecule has 0 fully saturated rings. The van der Waals surface area contributed by atoms with Crippen molar-refractivity contribution in [3.8, 4) is 0 Å². The van der Waals surface area contributed by atoms with Gasteiger partial charge in [0.25, 0.3) is 5.91 Å². The Morgan fingerprint density at radius 3 is 2.83 bits per heavy atom. The summed E-state index contributed by atoms with van der Waals surface area (Å²) in [6.45, 7) is 1.61. The van der Waals surface area contributed by atoms with Crippen LogP contribution in [0.3, 0.4) is 0 Å². The summed E-state index contributed by atoms with van der Waals surface area (Å²) in [6.07, 6.45) is -3.80. The zero-order valence-corrected chi connectivity index (χ0v) is 13.1. The van der Waals surface area contributed by atoms with Crippen molar-refractivity contribution in [2.45, 2.75) is 19.1 Å². The van der Waals surface area contributed by atoms with Gasteiger partial charge in [-0.05, 0) is 19.2 Å². The van der Waals surface area contributed by atoms with Gasteiger partial charge in [0.05, 0.1) is 16.8 Å². The number of carbonyl (C=O) groups excluding carboxylic acids is 1. The predicted octanol–water partition coefficient (Wildman–Crippen LogP) is 3.40. The van der Waals surface area contributed by atoms with Crippen LogP contribution in [0.4, 0.5) is 18.3 Å². The lowest BCUT2D eigenvalue weighted by atomic mass is 10.1. The summed E-state index contributed by atoms with van der Waals surface area (Å²) in [5, 5.41) is 2.83. The van der Waals surface area contributed by atoms with Gasteiger partial charge < -0.3 is 4.90 Å². The van der Waals surface area contributed by atoms with Crippen LogP contribution >= 0.6 is 11.3 Å². The number of halogens is 3. The summed E-state index contributed by atoms with van der Waals surface area (Å²) in [5.74, 6) is -0.794. The molecule has 0 bridgehead atoms. The first-order valence-corrected chi connectivity index (χ1v) is 7.81. The van der Waals surface area contributed by atoms with Crippen molar-refractivity contribution in [2.75, 3.05) is 18.9 Å². The maximum absolute atomic E-state index is 13.0. The Morgan fingerprint density at radius 1 is 1.35 bits per heavy atom. The highest BCUT2D eigenvalue weighted by Gasteiger charge is 2.35. The van der Waals surface area contributed by atoms with Crippen LogP contribution in [-0.2, 0) is 19.1 Å². The van der Waals surface area contributed by atoms with Gasteiger partial charge in [-0.1, -0.05) is 12.1 Å². The summed E-state index contributed by atoms with van der Waals surface area (Å²) in [5.41, 5.74) is -0.434. The first kappa shape index (κ1) is 15.9. The number of carbonyl (C=O) groups is 1. The molecule has 0 aliphatic carbocycles. The Hall–Kier alpha value is -1.93. The van der Waals surface area contributed by atoms with Crippen LogP contribution in [0.5, 0.6) is 0 Å². The van der Waals surface area contributed by atoms with Gasteiger partial charge in [0.1, 0.15) is 0 Å². The molecule has 0 radical (unpaired) electrons. The zero-order valence-electron chi connectivity index (χ0n) is 12.3. The van der Waals surface area contributed by atoms with Gasteiger partial charge >= 0.3 is 6.18 Å². The molecule has 0 saturated carbocycles. The van der Waals surface area contributed by atoms with Crippen LogP contribution in [0.1, 0.15) is 26.5 Å². The number of aromatic nitrogens is 1. The first-order chi connectivity index (χ1) is 10.8. The van der Waals surface area contributed by atoms with E-state index < -0.39 is 23.2 Å². The Kier molecular flexibility index (Phi) is 4.11.